The predicted molar refractivity (Wildman–Crippen MR) is 79.6 cm³/mol. The molecule has 0 fully saturated rings. The summed E-state index contributed by atoms with van der Waals surface area (Å²) in [5, 5.41) is 12.4. The van der Waals surface area contributed by atoms with E-state index in [9.17, 15) is 13.6 Å². The Morgan fingerprint density at radius 1 is 1.10 bits per heavy atom. The minimum absolute atomic E-state index is 0.0879. The van der Waals surface area contributed by atoms with Gasteiger partial charge in [0.2, 0.25) is 10.3 Å². The van der Waals surface area contributed by atoms with Gasteiger partial charge in [-0.15, -0.1) is 0 Å². The first kappa shape index (κ1) is 15.3. The van der Waals surface area contributed by atoms with E-state index in [1.807, 2.05) is 0 Å². The minimum Gasteiger partial charge on any atom is -0.805 e. The highest BCUT2D eigenvalue weighted by Crippen LogP contribution is 2.33. The molecule has 0 spiro atoms. The molecule has 0 unspecified atom stereocenters. The van der Waals surface area contributed by atoms with E-state index in [4.69, 9.17) is 34.8 Å². The quantitative estimate of drug-likeness (QED) is 0.611. The molecule has 0 atom stereocenters. The van der Waals surface area contributed by atoms with Crippen LogP contribution < -0.4 is 0 Å². The van der Waals surface area contributed by atoms with E-state index in [0.717, 1.165) is 6.20 Å². The monoisotopic (exact) mass is 350 g/mol. The molecule has 4 nitrogen and oxygen atoms in total. The third-order valence-corrected chi connectivity index (χ3v) is 4.61. The molecule has 0 bridgehead atoms. The molecule has 1 heterocycles. The molecule has 2 aromatic rings. The van der Waals surface area contributed by atoms with Crippen LogP contribution in [0.25, 0.3) is 0 Å². The minimum atomic E-state index is -2.66. The number of rotatable bonds is 2. The second-order valence-electron chi connectivity index (χ2n) is 3.90. The van der Waals surface area contributed by atoms with Crippen LogP contribution in [0.5, 0.6) is 0 Å². The summed E-state index contributed by atoms with van der Waals surface area (Å²) in [5.74, 6) is 0. The molecule has 1 aromatic carbocycles. The van der Waals surface area contributed by atoms with Crippen LogP contribution in [0.4, 0.5) is 0 Å². The maximum absolute atomic E-state index is 11.5. The Kier molecular flexibility index (Phi) is 4.65. The molecule has 2 rings (SSSR count). The summed E-state index contributed by atoms with van der Waals surface area (Å²) < 4.78 is 22.2. The Morgan fingerprint density at radius 2 is 1.75 bits per heavy atom. The summed E-state index contributed by atoms with van der Waals surface area (Å²) in [6, 6.07) is 6.08. The van der Waals surface area contributed by atoms with Gasteiger partial charge in [-0.05, 0) is 35.5 Å². The number of pyridine rings is 1. The molecule has 1 aromatic heterocycles. The maximum Gasteiger partial charge on any atom is 0.238 e. The molecule has 0 aliphatic heterocycles. The van der Waals surface area contributed by atoms with Crippen molar-refractivity contribution in [2.75, 3.05) is 0 Å². The van der Waals surface area contributed by atoms with Crippen LogP contribution >= 0.6 is 34.8 Å². The van der Waals surface area contributed by atoms with E-state index in [1.165, 1.54) is 12.1 Å². The Hall–Kier alpha value is -1.14. The van der Waals surface area contributed by atoms with Gasteiger partial charge in [-0.25, -0.2) is 0 Å². The first-order chi connectivity index (χ1) is 9.41. The average Bonchev–Trinajstić information content (AvgIpc) is 2.39. The van der Waals surface area contributed by atoms with Crippen LogP contribution in [-0.2, 0) is 16.7 Å². The van der Waals surface area contributed by atoms with E-state index < -0.39 is 10.3 Å². The van der Waals surface area contributed by atoms with Crippen molar-refractivity contribution >= 4 is 45.1 Å². The molecular weight excluding hydrogens is 345 g/mol. The van der Waals surface area contributed by atoms with Crippen LogP contribution in [0.1, 0.15) is 11.1 Å². The standard InChI is InChI=1S/C12H7Cl3NO3S/c13-9-3-4-10(14)11(15)8(9)6-7-2-1-5-16(17)12(7)20(18)19/h1-5H,6H2/q-1. The predicted octanol–water partition coefficient (Wildman–Crippen LogP) is 3.80. The van der Waals surface area contributed by atoms with E-state index in [-0.39, 0.29) is 20.8 Å². The summed E-state index contributed by atoms with van der Waals surface area (Å²) in [7, 11) is -2.66. The van der Waals surface area contributed by atoms with Gasteiger partial charge < -0.3 is 9.94 Å². The van der Waals surface area contributed by atoms with Gasteiger partial charge in [0.25, 0.3) is 0 Å². The number of hydrogen-bond acceptors (Lipinski definition) is 3. The van der Waals surface area contributed by atoms with Gasteiger partial charge in [-0.3, -0.25) is 0 Å². The number of benzene rings is 1. The number of hydrogen-bond donors (Lipinski definition) is 0. The van der Waals surface area contributed by atoms with Crippen molar-refractivity contribution < 1.29 is 8.42 Å². The van der Waals surface area contributed by atoms with Crippen LogP contribution in [0.2, 0.25) is 15.1 Å². The molecule has 0 N–H and O–H groups in total. The van der Waals surface area contributed by atoms with E-state index >= 15 is 0 Å². The second kappa shape index (κ2) is 6.10. The fourth-order valence-corrected chi connectivity index (χ4v) is 3.00. The topological polar surface area (TPSA) is 62.1 Å². The van der Waals surface area contributed by atoms with Crippen molar-refractivity contribution in [2.45, 2.75) is 6.42 Å². The maximum atomic E-state index is 11.5. The lowest BCUT2D eigenvalue weighted by Crippen LogP contribution is -2.00. The Labute approximate surface area is 131 Å². The van der Waals surface area contributed by atoms with Crippen molar-refractivity contribution in [1.82, 2.24) is 4.73 Å². The van der Waals surface area contributed by atoms with Crippen LogP contribution in [0.3, 0.4) is 0 Å². The molecule has 20 heavy (non-hydrogen) atoms. The lowest BCUT2D eigenvalue weighted by atomic mass is 10.1. The molecule has 0 saturated heterocycles. The van der Waals surface area contributed by atoms with Gasteiger partial charge >= 0.3 is 0 Å². The summed E-state index contributed by atoms with van der Waals surface area (Å²) in [4.78, 5) is 0. The molecule has 0 aliphatic carbocycles. The highest BCUT2D eigenvalue weighted by Gasteiger charge is 2.12. The van der Waals surface area contributed by atoms with Gasteiger partial charge in [0.1, 0.15) is 0 Å². The first-order valence-corrected chi connectivity index (χ1v) is 7.55. The molecular formula is C12H7Cl3NO3S-. The van der Waals surface area contributed by atoms with Crippen molar-refractivity contribution in [3.8, 4) is 0 Å². The fraction of sp³-hybridized carbons (Fsp3) is 0.0833. The van der Waals surface area contributed by atoms with Gasteiger partial charge in [0.05, 0.1) is 10.0 Å². The zero-order valence-electron chi connectivity index (χ0n) is 9.81. The smallest absolute Gasteiger partial charge is 0.238 e. The van der Waals surface area contributed by atoms with Crippen LogP contribution in [0, 0.1) is 9.85 Å². The summed E-state index contributed by atoms with van der Waals surface area (Å²) in [5.41, 5.74) is 0.764. The van der Waals surface area contributed by atoms with E-state index in [2.05, 4.69) is 0 Å². The molecule has 0 aliphatic rings. The van der Waals surface area contributed by atoms with Gasteiger partial charge in [-0.1, -0.05) is 40.9 Å². The molecule has 0 radical (unpaired) electrons. The highest BCUT2D eigenvalue weighted by molar-refractivity contribution is 7.63. The number of halogens is 3. The van der Waals surface area contributed by atoms with E-state index in [1.54, 1.807) is 12.1 Å². The molecule has 106 valence electrons. The molecule has 0 amide bonds. The zero-order chi connectivity index (χ0) is 14.9. The van der Waals surface area contributed by atoms with Gasteiger partial charge in [0.15, 0.2) is 4.64 Å². The van der Waals surface area contributed by atoms with Gasteiger partial charge in [-0.2, -0.15) is 8.42 Å². The van der Waals surface area contributed by atoms with Crippen LogP contribution in [-0.4, -0.2) is 13.1 Å². The Balaban J connectivity index is 2.67. The fourth-order valence-electron chi connectivity index (χ4n) is 1.75. The zero-order valence-corrected chi connectivity index (χ0v) is 12.9. The highest BCUT2D eigenvalue weighted by atomic mass is 35.5. The summed E-state index contributed by atoms with van der Waals surface area (Å²) in [6.07, 6.45) is 1.19. The van der Waals surface area contributed by atoms with E-state index in [0.29, 0.717) is 21.2 Å². The number of aromatic nitrogens is 1. The lowest BCUT2D eigenvalue weighted by molar-refractivity contribution is 0.623. The summed E-state index contributed by atoms with van der Waals surface area (Å²) >= 11 is 18.0. The third kappa shape index (κ3) is 2.96. The van der Waals surface area contributed by atoms with Crippen LogP contribution in [0.15, 0.2) is 30.5 Å². The Morgan fingerprint density at radius 3 is 2.40 bits per heavy atom. The normalized spacial score (nSPS) is 10.6. The van der Waals surface area contributed by atoms with Gasteiger partial charge in [0, 0.05) is 11.4 Å². The number of nitrogens with zero attached hydrogens (tertiary/aromatic N) is 1. The first-order valence-electron chi connectivity index (χ1n) is 5.34. The third-order valence-electron chi connectivity index (χ3n) is 2.66. The van der Waals surface area contributed by atoms with Crippen molar-refractivity contribution in [3.63, 3.8) is 0 Å². The average molecular weight is 352 g/mol. The second-order valence-corrected chi connectivity index (χ2v) is 5.95. The van der Waals surface area contributed by atoms with Crippen molar-refractivity contribution in [3.05, 3.63) is 66.5 Å². The SMILES string of the molecule is O=S(=O)=c1c(Cc2c(Cl)ccc(Cl)c2Cl)cccn1[O-]. The summed E-state index contributed by atoms with van der Waals surface area (Å²) in [6.45, 7) is 0. The lowest BCUT2D eigenvalue weighted by Gasteiger charge is -2.13. The molecule has 8 heteroatoms. The largest absolute Gasteiger partial charge is 0.805 e. The van der Waals surface area contributed by atoms with Crippen molar-refractivity contribution in [1.29, 1.82) is 0 Å². The molecule has 0 saturated carbocycles. The Bertz CT molecular complexity index is 836. The van der Waals surface area contributed by atoms with Crippen molar-refractivity contribution in [2.24, 2.45) is 0 Å².